The van der Waals surface area contributed by atoms with Gasteiger partial charge in [0.1, 0.15) is 11.4 Å². The van der Waals surface area contributed by atoms with Crippen molar-refractivity contribution in [1.82, 2.24) is 4.98 Å². The number of para-hydroxylation sites is 2. The molecule has 0 aliphatic carbocycles. The number of esters is 1. The topological polar surface area (TPSA) is 114 Å². The lowest BCUT2D eigenvalue weighted by Gasteiger charge is -2.13. The maximum atomic E-state index is 12.0. The van der Waals surface area contributed by atoms with Crippen molar-refractivity contribution in [2.24, 2.45) is 0 Å². The number of ether oxygens (including phenoxy) is 1. The highest BCUT2D eigenvalue weighted by Crippen LogP contribution is 2.23. The Morgan fingerprint density at radius 1 is 1.39 bits per heavy atom. The summed E-state index contributed by atoms with van der Waals surface area (Å²) in [5, 5.41) is 13.6. The van der Waals surface area contributed by atoms with E-state index in [1.54, 1.807) is 6.07 Å². The van der Waals surface area contributed by atoms with E-state index in [4.69, 9.17) is 16.3 Å². The highest BCUT2D eigenvalue weighted by atomic mass is 35.5. The molecule has 1 atom stereocenters. The SMILES string of the molecule is C[C@H](OC(=O)c1cc(Cl)c[nH]1)C(=O)Nc1ccccc1[N+](=O)[O-]. The fourth-order valence-corrected chi connectivity index (χ4v) is 1.90. The van der Waals surface area contributed by atoms with Crippen LogP contribution in [-0.2, 0) is 9.53 Å². The number of rotatable bonds is 5. The Balaban J connectivity index is 2.03. The van der Waals surface area contributed by atoms with Crippen LogP contribution < -0.4 is 5.32 Å². The molecule has 2 N–H and O–H groups in total. The van der Waals surface area contributed by atoms with Gasteiger partial charge in [0, 0.05) is 12.3 Å². The van der Waals surface area contributed by atoms with E-state index in [1.165, 1.54) is 37.4 Å². The van der Waals surface area contributed by atoms with E-state index in [-0.39, 0.29) is 17.1 Å². The second kappa shape index (κ2) is 6.93. The Labute approximate surface area is 135 Å². The van der Waals surface area contributed by atoms with Crippen molar-refractivity contribution in [3.8, 4) is 0 Å². The van der Waals surface area contributed by atoms with Gasteiger partial charge in [0.05, 0.1) is 9.95 Å². The first kappa shape index (κ1) is 16.5. The second-order valence-electron chi connectivity index (χ2n) is 4.54. The highest BCUT2D eigenvalue weighted by Gasteiger charge is 2.22. The number of benzene rings is 1. The van der Waals surface area contributed by atoms with Gasteiger partial charge in [-0.05, 0) is 19.1 Å². The molecule has 0 spiro atoms. The summed E-state index contributed by atoms with van der Waals surface area (Å²) in [5.41, 5.74) is -0.135. The van der Waals surface area contributed by atoms with Gasteiger partial charge in [-0.15, -0.1) is 0 Å². The van der Waals surface area contributed by atoms with Crippen LogP contribution in [0.5, 0.6) is 0 Å². The Morgan fingerprint density at radius 3 is 2.70 bits per heavy atom. The fourth-order valence-electron chi connectivity index (χ4n) is 1.74. The van der Waals surface area contributed by atoms with Crippen LogP contribution in [0, 0.1) is 10.1 Å². The molecular weight excluding hydrogens is 326 g/mol. The van der Waals surface area contributed by atoms with Gasteiger partial charge in [0.15, 0.2) is 6.10 Å². The summed E-state index contributed by atoms with van der Waals surface area (Å²) >= 11 is 5.68. The summed E-state index contributed by atoms with van der Waals surface area (Å²) in [4.78, 5) is 36.7. The van der Waals surface area contributed by atoms with E-state index in [0.717, 1.165) is 0 Å². The molecule has 0 saturated carbocycles. The van der Waals surface area contributed by atoms with E-state index in [0.29, 0.717) is 5.02 Å². The molecular formula is C14H12ClN3O5. The molecule has 2 aromatic rings. The molecule has 0 radical (unpaired) electrons. The molecule has 0 aliphatic rings. The summed E-state index contributed by atoms with van der Waals surface area (Å²) in [7, 11) is 0. The minimum Gasteiger partial charge on any atom is -0.448 e. The summed E-state index contributed by atoms with van der Waals surface area (Å²) < 4.78 is 4.97. The summed E-state index contributed by atoms with van der Waals surface area (Å²) in [5.74, 6) is -1.45. The van der Waals surface area contributed by atoms with Gasteiger partial charge in [-0.25, -0.2) is 4.79 Å². The molecule has 8 nitrogen and oxygen atoms in total. The lowest BCUT2D eigenvalue weighted by molar-refractivity contribution is -0.383. The van der Waals surface area contributed by atoms with Crippen LogP contribution in [-0.4, -0.2) is 27.9 Å². The molecule has 0 aliphatic heterocycles. The number of carbonyl (C=O) groups excluding carboxylic acids is 2. The van der Waals surface area contributed by atoms with Crippen molar-refractivity contribution in [3.63, 3.8) is 0 Å². The molecule has 1 aromatic heterocycles. The number of hydrogen-bond donors (Lipinski definition) is 2. The zero-order chi connectivity index (χ0) is 17.0. The smallest absolute Gasteiger partial charge is 0.355 e. The second-order valence-corrected chi connectivity index (χ2v) is 4.98. The van der Waals surface area contributed by atoms with E-state index in [1.807, 2.05) is 0 Å². The molecule has 0 bridgehead atoms. The average molecular weight is 338 g/mol. The lowest BCUT2D eigenvalue weighted by atomic mass is 10.2. The van der Waals surface area contributed by atoms with Crippen molar-refractivity contribution in [1.29, 1.82) is 0 Å². The lowest BCUT2D eigenvalue weighted by Crippen LogP contribution is -2.30. The van der Waals surface area contributed by atoms with E-state index >= 15 is 0 Å². The number of anilines is 1. The standard InChI is InChI=1S/C14H12ClN3O5/c1-8(23-14(20)11-6-9(15)7-16-11)13(19)17-10-4-2-3-5-12(10)18(21)22/h2-8,16H,1H3,(H,17,19)/t8-/m0/s1. The quantitative estimate of drug-likeness (QED) is 0.494. The molecule has 0 saturated heterocycles. The molecule has 9 heteroatoms. The number of nitro groups is 1. The number of amides is 1. The number of carbonyl (C=O) groups is 2. The van der Waals surface area contributed by atoms with Gasteiger partial charge in [0.2, 0.25) is 0 Å². The minimum atomic E-state index is -1.15. The first-order chi connectivity index (χ1) is 10.9. The Kier molecular flexibility index (Phi) is 4.97. The van der Waals surface area contributed by atoms with Crippen LogP contribution in [0.15, 0.2) is 36.5 Å². The molecule has 2 rings (SSSR count). The third-order valence-electron chi connectivity index (χ3n) is 2.88. The van der Waals surface area contributed by atoms with Gasteiger partial charge in [-0.3, -0.25) is 14.9 Å². The van der Waals surface area contributed by atoms with Crippen molar-refractivity contribution in [2.45, 2.75) is 13.0 Å². The molecule has 1 amide bonds. The molecule has 1 heterocycles. The van der Waals surface area contributed by atoms with E-state index in [2.05, 4.69) is 10.3 Å². The Hall–Kier alpha value is -2.87. The van der Waals surface area contributed by atoms with Gasteiger partial charge < -0.3 is 15.0 Å². The first-order valence-corrected chi connectivity index (χ1v) is 6.85. The first-order valence-electron chi connectivity index (χ1n) is 6.47. The fraction of sp³-hybridized carbons (Fsp3) is 0.143. The van der Waals surface area contributed by atoms with Crippen LogP contribution in [0.2, 0.25) is 5.02 Å². The maximum Gasteiger partial charge on any atom is 0.355 e. The number of aromatic nitrogens is 1. The van der Waals surface area contributed by atoms with Crippen LogP contribution in [0.3, 0.4) is 0 Å². The predicted molar refractivity (Wildman–Crippen MR) is 82.4 cm³/mol. The van der Waals surface area contributed by atoms with Gasteiger partial charge >= 0.3 is 5.97 Å². The zero-order valence-electron chi connectivity index (χ0n) is 11.9. The van der Waals surface area contributed by atoms with E-state index in [9.17, 15) is 19.7 Å². The minimum absolute atomic E-state index is 0.0216. The van der Waals surface area contributed by atoms with Crippen LogP contribution in [0.1, 0.15) is 17.4 Å². The molecule has 1 aromatic carbocycles. The number of nitrogens with zero attached hydrogens (tertiary/aromatic N) is 1. The Morgan fingerprint density at radius 2 is 2.09 bits per heavy atom. The highest BCUT2D eigenvalue weighted by molar-refractivity contribution is 6.30. The molecule has 120 valence electrons. The van der Waals surface area contributed by atoms with Gasteiger partial charge in [-0.2, -0.15) is 0 Å². The summed E-state index contributed by atoms with van der Waals surface area (Å²) in [6, 6.07) is 7.02. The van der Waals surface area contributed by atoms with Crippen molar-refractivity contribution in [3.05, 3.63) is 57.4 Å². The zero-order valence-corrected chi connectivity index (χ0v) is 12.7. The number of aromatic amines is 1. The van der Waals surface area contributed by atoms with Gasteiger partial charge in [-0.1, -0.05) is 23.7 Å². The Bertz CT molecular complexity index is 758. The van der Waals surface area contributed by atoms with Crippen molar-refractivity contribution < 1.29 is 19.2 Å². The monoisotopic (exact) mass is 337 g/mol. The van der Waals surface area contributed by atoms with Crippen LogP contribution in [0.25, 0.3) is 0 Å². The number of nitro benzene ring substituents is 1. The number of hydrogen-bond acceptors (Lipinski definition) is 5. The predicted octanol–water partition coefficient (Wildman–Crippen LogP) is 2.76. The normalized spacial score (nSPS) is 11.6. The number of nitrogens with one attached hydrogen (secondary N) is 2. The van der Waals surface area contributed by atoms with Crippen molar-refractivity contribution in [2.75, 3.05) is 5.32 Å². The summed E-state index contributed by atoms with van der Waals surface area (Å²) in [6.45, 7) is 1.35. The third kappa shape index (κ3) is 4.07. The number of halogens is 1. The largest absolute Gasteiger partial charge is 0.448 e. The maximum absolute atomic E-state index is 12.0. The van der Waals surface area contributed by atoms with Crippen molar-refractivity contribution >= 4 is 34.9 Å². The average Bonchev–Trinajstić information content (AvgIpc) is 2.94. The third-order valence-corrected chi connectivity index (χ3v) is 3.10. The summed E-state index contributed by atoms with van der Waals surface area (Å²) in [6.07, 6.45) is 0.250. The number of H-pyrrole nitrogens is 1. The van der Waals surface area contributed by atoms with Crippen LogP contribution in [0.4, 0.5) is 11.4 Å². The van der Waals surface area contributed by atoms with Crippen LogP contribution >= 0.6 is 11.6 Å². The molecule has 23 heavy (non-hydrogen) atoms. The van der Waals surface area contributed by atoms with Gasteiger partial charge in [0.25, 0.3) is 11.6 Å². The molecule has 0 fully saturated rings. The van der Waals surface area contributed by atoms with E-state index < -0.39 is 22.9 Å². The molecule has 0 unspecified atom stereocenters.